The SMILES string of the molecule is C[C@@H]1CN(c2ccccc2S(=O)(=O)N(C)C)CCN1. The highest BCUT2D eigenvalue weighted by atomic mass is 32.2. The molecule has 1 aliphatic heterocycles. The Hall–Kier alpha value is -1.11. The maximum absolute atomic E-state index is 12.4. The molecule has 2 rings (SSSR count). The van der Waals surface area contributed by atoms with Crippen LogP contribution in [0, 0.1) is 0 Å². The molecule has 5 nitrogen and oxygen atoms in total. The molecule has 1 fully saturated rings. The van der Waals surface area contributed by atoms with Crippen LogP contribution in [0.4, 0.5) is 5.69 Å². The topological polar surface area (TPSA) is 52.7 Å². The van der Waals surface area contributed by atoms with E-state index in [1.807, 2.05) is 12.1 Å². The third-order valence-corrected chi connectivity index (χ3v) is 5.20. The Morgan fingerprint density at radius 2 is 2.00 bits per heavy atom. The van der Waals surface area contributed by atoms with Gasteiger partial charge in [-0.05, 0) is 19.1 Å². The number of nitrogens with zero attached hydrogens (tertiary/aromatic N) is 2. The van der Waals surface area contributed by atoms with Crippen LogP contribution in [0.3, 0.4) is 0 Å². The molecule has 0 saturated carbocycles. The van der Waals surface area contributed by atoms with Crippen LogP contribution in [0.1, 0.15) is 6.92 Å². The van der Waals surface area contributed by atoms with E-state index >= 15 is 0 Å². The molecule has 0 spiro atoms. The average molecular weight is 283 g/mol. The van der Waals surface area contributed by atoms with E-state index in [-0.39, 0.29) is 0 Å². The van der Waals surface area contributed by atoms with Crippen LogP contribution in [-0.2, 0) is 10.0 Å². The number of piperazine rings is 1. The molecule has 106 valence electrons. The summed E-state index contributed by atoms with van der Waals surface area (Å²) >= 11 is 0. The van der Waals surface area contributed by atoms with Crippen molar-refractivity contribution in [3.05, 3.63) is 24.3 Å². The number of para-hydroxylation sites is 1. The molecular weight excluding hydrogens is 262 g/mol. The first-order valence-electron chi connectivity index (χ1n) is 6.43. The second-order valence-electron chi connectivity index (χ2n) is 5.06. The summed E-state index contributed by atoms with van der Waals surface area (Å²) in [5.74, 6) is 0. The van der Waals surface area contributed by atoms with Gasteiger partial charge in [-0.1, -0.05) is 12.1 Å². The van der Waals surface area contributed by atoms with Crippen LogP contribution < -0.4 is 10.2 Å². The van der Waals surface area contributed by atoms with Gasteiger partial charge in [0.2, 0.25) is 10.0 Å². The number of nitrogens with one attached hydrogen (secondary N) is 1. The zero-order valence-corrected chi connectivity index (χ0v) is 12.4. The predicted molar refractivity (Wildman–Crippen MR) is 77.0 cm³/mol. The molecule has 0 radical (unpaired) electrons. The summed E-state index contributed by atoms with van der Waals surface area (Å²) in [5.41, 5.74) is 0.796. The average Bonchev–Trinajstić information content (AvgIpc) is 2.38. The Morgan fingerprint density at radius 3 is 2.63 bits per heavy atom. The van der Waals surface area contributed by atoms with Crippen LogP contribution in [-0.4, -0.2) is 52.5 Å². The maximum Gasteiger partial charge on any atom is 0.244 e. The van der Waals surface area contributed by atoms with Crippen molar-refractivity contribution in [2.45, 2.75) is 17.9 Å². The summed E-state index contributed by atoms with van der Waals surface area (Å²) in [6, 6.07) is 7.58. The smallest absolute Gasteiger partial charge is 0.244 e. The van der Waals surface area contributed by atoms with Crippen molar-refractivity contribution in [3.63, 3.8) is 0 Å². The molecule has 1 N–H and O–H groups in total. The summed E-state index contributed by atoms with van der Waals surface area (Å²) in [5, 5.41) is 3.36. The first kappa shape index (κ1) is 14.3. The van der Waals surface area contributed by atoms with E-state index in [1.165, 1.54) is 4.31 Å². The van der Waals surface area contributed by atoms with Gasteiger partial charge >= 0.3 is 0 Å². The summed E-state index contributed by atoms with van der Waals surface area (Å²) in [7, 11) is -0.279. The molecule has 1 aromatic carbocycles. The van der Waals surface area contributed by atoms with E-state index in [9.17, 15) is 8.42 Å². The molecule has 1 atom stereocenters. The van der Waals surface area contributed by atoms with Gasteiger partial charge in [0.05, 0.1) is 5.69 Å². The number of hydrogen-bond donors (Lipinski definition) is 1. The highest BCUT2D eigenvalue weighted by Crippen LogP contribution is 2.27. The van der Waals surface area contributed by atoms with Crippen molar-refractivity contribution in [1.82, 2.24) is 9.62 Å². The monoisotopic (exact) mass is 283 g/mol. The van der Waals surface area contributed by atoms with Gasteiger partial charge in [-0.3, -0.25) is 0 Å². The minimum atomic E-state index is -3.40. The Bertz CT molecular complexity index is 543. The van der Waals surface area contributed by atoms with E-state index in [4.69, 9.17) is 0 Å². The molecule has 19 heavy (non-hydrogen) atoms. The third-order valence-electron chi connectivity index (χ3n) is 3.33. The fourth-order valence-electron chi connectivity index (χ4n) is 2.28. The Labute approximate surface area is 115 Å². The largest absolute Gasteiger partial charge is 0.368 e. The van der Waals surface area contributed by atoms with Gasteiger partial charge in [-0.25, -0.2) is 12.7 Å². The van der Waals surface area contributed by atoms with Crippen molar-refractivity contribution in [2.24, 2.45) is 0 Å². The fourth-order valence-corrected chi connectivity index (χ4v) is 3.39. The minimum Gasteiger partial charge on any atom is -0.368 e. The van der Waals surface area contributed by atoms with Crippen molar-refractivity contribution < 1.29 is 8.42 Å². The van der Waals surface area contributed by atoms with Gasteiger partial charge < -0.3 is 10.2 Å². The fraction of sp³-hybridized carbons (Fsp3) is 0.538. The lowest BCUT2D eigenvalue weighted by molar-refractivity contribution is 0.481. The molecule has 1 heterocycles. The predicted octanol–water partition coefficient (Wildman–Crippen LogP) is 0.735. The minimum absolute atomic E-state index is 0.365. The van der Waals surface area contributed by atoms with Crippen LogP contribution >= 0.6 is 0 Å². The molecule has 0 aliphatic carbocycles. The van der Waals surface area contributed by atoms with E-state index in [0.29, 0.717) is 10.9 Å². The Balaban J connectivity index is 2.42. The van der Waals surface area contributed by atoms with Crippen molar-refractivity contribution >= 4 is 15.7 Å². The summed E-state index contributed by atoms with van der Waals surface area (Å²) in [6.45, 7) is 4.62. The van der Waals surface area contributed by atoms with Crippen LogP contribution in [0.15, 0.2) is 29.2 Å². The Morgan fingerprint density at radius 1 is 1.32 bits per heavy atom. The number of benzene rings is 1. The first-order valence-corrected chi connectivity index (χ1v) is 7.87. The molecule has 1 saturated heterocycles. The number of rotatable bonds is 3. The number of hydrogen-bond acceptors (Lipinski definition) is 4. The van der Waals surface area contributed by atoms with Gasteiger partial charge in [-0.15, -0.1) is 0 Å². The maximum atomic E-state index is 12.4. The van der Waals surface area contributed by atoms with Crippen molar-refractivity contribution in [3.8, 4) is 0 Å². The first-order chi connectivity index (χ1) is 8.93. The van der Waals surface area contributed by atoms with E-state index < -0.39 is 10.0 Å². The molecule has 0 aromatic heterocycles. The molecule has 0 bridgehead atoms. The highest BCUT2D eigenvalue weighted by molar-refractivity contribution is 7.89. The van der Waals surface area contributed by atoms with Crippen LogP contribution in [0.2, 0.25) is 0 Å². The van der Waals surface area contributed by atoms with E-state index in [0.717, 1.165) is 25.3 Å². The third kappa shape index (κ3) is 2.91. The van der Waals surface area contributed by atoms with Crippen LogP contribution in [0.25, 0.3) is 0 Å². The number of sulfonamides is 1. The van der Waals surface area contributed by atoms with Crippen molar-refractivity contribution in [2.75, 3.05) is 38.6 Å². The number of anilines is 1. The van der Waals surface area contributed by atoms with E-state index in [1.54, 1.807) is 26.2 Å². The van der Waals surface area contributed by atoms with Gasteiger partial charge in [0.25, 0.3) is 0 Å². The zero-order chi connectivity index (χ0) is 14.0. The second-order valence-corrected chi connectivity index (χ2v) is 7.18. The quantitative estimate of drug-likeness (QED) is 0.889. The lowest BCUT2D eigenvalue weighted by atomic mass is 10.2. The summed E-state index contributed by atoms with van der Waals surface area (Å²) < 4.78 is 26.0. The molecule has 6 heteroatoms. The molecule has 1 aliphatic rings. The van der Waals surface area contributed by atoms with Gasteiger partial charge in [0, 0.05) is 39.8 Å². The Kier molecular flexibility index (Phi) is 4.13. The molecular formula is C13H21N3O2S. The normalized spacial score (nSPS) is 20.8. The van der Waals surface area contributed by atoms with Gasteiger partial charge in [0.15, 0.2) is 0 Å². The standard InChI is InChI=1S/C13H21N3O2S/c1-11-10-16(9-8-14-11)12-6-4-5-7-13(12)19(17,18)15(2)3/h4-7,11,14H,8-10H2,1-3H3/t11-/m1/s1. The lowest BCUT2D eigenvalue weighted by Gasteiger charge is -2.34. The van der Waals surface area contributed by atoms with Crippen LogP contribution in [0.5, 0.6) is 0 Å². The summed E-state index contributed by atoms with van der Waals surface area (Å²) in [4.78, 5) is 2.52. The van der Waals surface area contributed by atoms with E-state index in [2.05, 4.69) is 17.1 Å². The van der Waals surface area contributed by atoms with Gasteiger partial charge in [-0.2, -0.15) is 0 Å². The van der Waals surface area contributed by atoms with Crippen molar-refractivity contribution in [1.29, 1.82) is 0 Å². The molecule has 1 aromatic rings. The summed E-state index contributed by atoms with van der Waals surface area (Å²) in [6.07, 6.45) is 0. The lowest BCUT2D eigenvalue weighted by Crippen LogP contribution is -2.49. The molecule has 0 amide bonds. The highest BCUT2D eigenvalue weighted by Gasteiger charge is 2.25. The zero-order valence-electron chi connectivity index (χ0n) is 11.6. The molecule has 0 unspecified atom stereocenters. The van der Waals surface area contributed by atoms with Gasteiger partial charge in [0.1, 0.15) is 4.90 Å². The second kappa shape index (κ2) is 5.48.